The molecule has 0 atom stereocenters. The van der Waals surface area contributed by atoms with E-state index in [0.29, 0.717) is 16.5 Å². The highest BCUT2D eigenvalue weighted by Crippen LogP contribution is 2.30. The van der Waals surface area contributed by atoms with Crippen molar-refractivity contribution < 1.29 is 21.3 Å². The molecular weight excluding hydrogens is 436 g/mol. The molecule has 9 heteroatoms. The number of sulfonamides is 1. The minimum atomic E-state index is -4.25. The van der Waals surface area contributed by atoms with Gasteiger partial charge < -0.3 is 4.42 Å². The van der Waals surface area contributed by atoms with Gasteiger partial charge in [-0.25, -0.2) is 8.42 Å². The fraction of sp³-hybridized carbons (Fsp3) is 0.0455. The Labute approximate surface area is 179 Å². The minimum absolute atomic E-state index is 0.112. The lowest BCUT2D eigenvalue weighted by Crippen LogP contribution is -2.16. The third-order valence-electron chi connectivity index (χ3n) is 4.56. The number of sulfone groups is 1. The van der Waals surface area contributed by atoms with E-state index in [9.17, 15) is 22.1 Å². The molecule has 0 amide bonds. The molecule has 31 heavy (non-hydrogen) atoms. The number of benzene rings is 3. The molecule has 4 rings (SSSR count). The molecule has 156 valence electrons. The van der Waals surface area contributed by atoms with Crippen LogP contribution in [0.25, 0.3) is 11.0 Å². The summed E-state index contributed by atoms with van der Waals surface area (Å²) in [5.41, 5.74) is 0.833. The number of nitrogens with zero attached hydrogens (tertiary/aromatic N) is 1. The number of furan rings is 1. The summed E-state index contributed by atoms with van der Waals surface area (Å²) in [6.45, 7) is 0. The number of para-hydroxylation sites is 1. The first kappa shape index (κ1) is 20.7. The van der Waals surface area contributed by atoms with Gasteiger partial charge in [-0.3, -0.25) is 4.72 Å². The van der Waals surface area contributed by atoms with Crippen molar-refractivity contribution in [1.29, 1.82) is 5.26 Å². The smallest absolute Gasteiger partial charge is 0.295 e. The van der Waals surface area contributed by atoms with Gasteiger partial charge in [-0.05, 0) is 29.8 Å². The maximum atomic E-state index is 13.0. The average Bonchev–Trinajstić information content (AvgIpc) is 3.19. The number of nitrogens with one attached hydrogen (secondary N) is 1. The molecule has 3 aromatic carbocycles. The summed E-state index contributed by atoms with van der Waals surface area (Å²) in [6.07, 6.45) is 0. The molecule has 1 aromatic heterocycles. The van der Waals surface area contributed by atoms with Crippen LogP contribution in [0.5, 0.6) is 0 Å². The zero-order valence-corrected chi connectivity index (χ0v) is 17.7. The molecule has 0 aliphatic heterocycles. The van der Waals surface area contributed by atoms with Crippen LogP contribution in [0.3, 0.4) is 0 Å². The molecular formula is C22H16N2O5S2. The van der Waals surface area contributed by atoms with Crippen LogP contribution in [0.1, 0.15) is 11.1 Å². The molecule has 0 unspecified atom stereocenters. The average molecular weight is 453 g/mol. The Balaban J connectivity index is 1.76. The van der Waals surface area contributed by atoms with E-state index >= 15 is 0 Å². The van der Waals surface area contributed by atoms with Crippen molar-refractivity contribution in [3.8, 4) is 6.07 Å². The maximum Gasteiger partial charge on any atom is 0.295 e. The second kappa shape index (κ2) is 7.91. The molecule has 0 saturated heterocycles. The Morgan fingerprint density at radius 2 is 1.58 bits per heavy atom. The summed E-state index contributed by atoms with van der Waals surface area (Å²) in [6, 6.07) is 22.3. The van der Waals surface area contributed by atoms with Crippen LogP contribution in [0, 0.1) is 11.3 Å². The SMILES string of the molecule is N#Cc1ccc(S(=O)(=O)Cc2ccccc2)c(NS(=O)(=O)c2cc3ccccc3o2)c1. The normalized spacial score (nSPS) is 11.8. The van der Waals surface area contributed by atoms with E-state index in [-0.39, 0.29) is 27.0 Å². The number of hydrogen-bond acceptors (Lipinski definition) is 6. The van der Waals surface area contributed by atoms with Gasteiger partial charge in [0.05, 0.1) is 28.0 Å². The van der Waals surface area contributed by atoms with Gasteiger partial charge in [0.15, 0.2) is 9.84 Å². The zero-order valence-electron chi connectivity index (χ0n) is 16.0. The van der Waals surface area contributed by atoms with Crippen LogP contribution in [0.2, 0.25) is 0 Å². The maximum absolute atomic E-state index is 13.0. The van der Waals surface area contributed by atoms with Crippen LogP contribution in [-0.4, -0.2) is 16.8 Å². The summed E-state index contributed by atoms with van der Waals surface area (Å²) >= 11 is 0. The van der Waals surface area contributed by atoms with Crippen molar-refractivity contribution in [3.05, 3.63) is 90.0 Å². The van der Waals surface area contributed by atoms with Crippen LogP contribution in [-0.2, 0) is 25.6 Å². The molecule has 1 heterocycles. The molecule has 0 radical (unpaired) electrons. The standard InChI is InChI=1S/C22H16N2O5S2/c23-14-17-10-11-21(30(25,26)15-16-6-2-1-3-7-16)19(12-17)24-31(27,28)22-13-18-8-4-5-9-20(18)29-22/h1-13,24H,15H2. The van der Waals surface area contributed by atoms with E-state index < -0.39 is 19.9 Å². The summed E-state index contributed by atoms with van der Waals surface area (Å²) in [4.78, 5) is -0.227. The van der Waals surface area contributed by atoms with Gasteiger partial charge >= 0.3 is 0 Å². The van der Waals surface area contributed by atoms with Crippen molar-refractivity contribution in [2.45, 2.75) is 15.7 Å². The molecule has 4 aromatic rings. The second-order valence-electron chi connectivity index (χ2n) is 6.78. The van der Waals surface area contributed by atoms with E-state index in [1.165, 1.54) is 24.3 Å². The molecule has 0 saturated carbocycles. The van der Waals surface area contributed by atoms with E-state index in [1.807, 2.05) is 6.07 Å². The van der Waals surface area contributed by atoms with Crippen LogP contribution >= 0.6 is 0 Å². The first-order valence-corrected chi connectivity index (χ1v) is 12.2. The van der Waals surface area contributed by atoms with Gasteiger partial charge in [0.1, 0.15) is 5.58 Å². The second-order valence-corrected chi connectivity index (χ2v) is 10.3. The number of anilines is 1. The monoisotopic (exact) mass is 452 g/mol. The zero-order chi connectivity index (χ0) is 22.1. The quantitative estimate of drug-likeness (QED) is 0.471. The van der Waals surface area contributed by atoms with E-state index in [2.05, 4.69) is 4.72 Å². The van der Waals surface area contributed by atoms with Crippen LogP contribution in [0.15, 0.2) is 93.3 Å². The Kier molecular flexibility index (Phi) is 5.27. The van der Waals surface area contributed by atoms with Crippen molar-refractivity contribution in [1.82, 2.24) is 0 Å². The van der Waals surface area contributed by atoms with Gasteiger partial charge in [-0.1, -0.05) is 48.5 Å². The molecule has 0 bridgehead atoms. The van der Waals surface area contributed by atoms with E-state index in [1.54, 1.807) is 54.6 Å². The highest BCUT2D eigenvalue weighted by Gasteiger charge is 2.26. The van der Waals surface area contributed by atoms with Gasteiger partial charge in [0.25, 0.3) is 10.0 Å². The molecule has 0 aliphatic carbocycles. The Morgan fingerprint density at radius 3 is 2.29 bits per heavy atom. The topological polar surface area (TPSA) is 117 Å². The van der Waals surface area contributed by atoms with Crippen molar-refractivity contribution in [2.75, 3.05) is 4.72 Å². The van der Waals surface area contributed by atoms with Gasteiger partial charge in [-0.2, -0.15) is 13.7 Å². The Bertz CT molecular complexity index is 1480. The van der Waals surface area contributed by atoms with E-state index in [4.69, 9.17) is 4.42 Å². The van der Waals surface area contributed by atoms with E-state index in [0.717, 1.165) is 0 Å². The molecule has 0 fully saturated rings. The lowest BCUT2D eigenvalue weighted by atomic mass is 10.2. The predicted octanol–water partition coefficient (Wildman–Crippen LogP) is 4.08. The van der Waals surface area contributed by atoms with Crippen molar-refractivity contribution >= 4 is 36.5 Å². The van der Waals surface area contributed by atoms with Crippen LogP contribution < -0.4 is 4.72 Å². The molecule has 0 spiro atoms. The van der Waals surface area contributed by atoms with Gasteiger partial charge in [-0.15, -0.1) is 0 Å². The number of hydrogen-bond donors (Lipinski definition) is 1. The third-order valence-corrected chi connectivity index (χ3v) is 7.51. The van der Waals surface area contributed by atoms with Crippen LogP contribution in [0.4, 0.5) is 5.69 Å². The number of rotatable bonds is 6. The molecule has 1 N–H and O–H groups in total. The predicted molar refractivity (Wildman–Crippen MR) is 116 cm³/mol. The highest BCUT2D eigenvalue weighted by molar-refractivity contribution is 7.93. The van der Waals surface area contributed by atoms with Gasteiger partial charge in [0.2, 0.25) is 5.09 Å². The first-order valence-electron chi connectivity index (χ1n) is 9.11. The number of nitriles is 1. The number of fused-ring (bicyclic) bond motifs is 1. The Hall–Kier alpha value is -3.61. The first-order chi connectivity index (χ1) is 14.8. The minimum Gasteiger partial charge on any atom is -0.443 e. The lowest BCUT2D eigenvalue weighted by molar-refractivity contribution is 0.484. The summed E-state index contributed by atoms with van der Waals surface area (Å²) in [5, 5.41) is 9.44. The van der Waals surface area contributed by atoms with Crippen molar-refractivity contribution in [2.24, 2.45) is 0 Å². The summed E-state index contributed by atoms with van der Waals surface area (Å²) in [5.74, 6) is -0.320. The summed E-state index contributed by atoms with van der Waals surface area (Å²) in [7, 11) is -8.16. The third kappa shape index (κ3) is 4.30. The molecule has 7 nitrogen and oxygen atoms in total. The van der Waals surface area contributed by atoms with Gasteiger partial charge in [0, 0.05) is 11.5 Å². The fourth-order valence-corrected chi connectivity index (χ4v) is 5.72. The largest absolute Gasteiger partial charge is 0.443 e. The lowest BCUT2D eigenvalue weighted by Gasteiger charge is -2.13. The van der Waals surface area contributed by atoms with Crippen molar-refractivity contribution in [3.63, 3.8) is 0 Å². The molecule has 0 aliphatic rings. The summed E-state index contributed by atoms with van der Waals surface area (Å²) < 4.78 is 59.6. The highest BCUT2D eigenvalue weighted by atomic mass is 32.2. The fourth-order valence-electron chi connectivity index (χ4n) is 3.11. The Morgan fingerprint density at radius 1 is 0.871 bits per heavy atom.